The number of hydrogen-bond acceptors (Lipinski definition) is 6. The van der Waals surface area contributed by atoms with Crippen LogP contribution in [0.2, 0.25) is 0 Å². The van der Waals surface area contributed by atoms with Gasteiger partial charge in [-0.2, -0.15) is 0 Å². The topological polar surface area (TPSA) is 97.1 Å². The number of carbonyl (C=O) groups is 2. The fourth-order valence-corrected chi connectivity index (χ4v) is 6.51. The Morgan fingerprint density at radius 3 is 2.37 bits per heavy atom. The zero-order chi connectivity index (χ0) is 29.4. The predicted molar refractivity (Wildman–Crippen MR) is 163 cm³/mol. The summed E-state index contributed by atoms with van der Waals surface area (Å²) in [5.74, 6) is 2.28. The number of rotatable bonds is 15. The Hall–Kier alpha value is -2.16. The second-order valence-corrected chi connectivity index (χ2v) is 12.9. The minimum atomic E-state index is 0.0423. The quantitative estimate of drug-likeness (QED) is 0.306. The first-order valence-corrected chi connectivity index (χ1v) is 16.1. The molecule has 3 aliphatic rings. The molecule has 41 heavy (non-hydrogen) atoms. The van der Waals surface area contributed by atoms with Gasteiger partial charge in [0.1, 0.15) is 5.75 Å². The van der Waals surface area contributed by atoms with Gasteiger partial charge in [-0.1, -0.05) is 13.0 Å². The van der Waals surface area contributed by atoms with Gasteiger partial charge in [-0.3, -0.25) is 9.59 Å². The molecule has 1 heterocycles. The molecule has 3 fully saturated rings. The van der Waals surface area contributed by atoms with Crippen molar-refractivity contribution >= 4 is 11.8 Å². The van der Waals surface area contributed by atoms with Crippen LogP contribution in [-0.2, 0) is 16.0 Å². The zero-order valence-electron chi connectivity index (χ0n) is 25.9. The highest BCUT2D eigenvalue weighted by Crippen LogP contribution is 2.33. The van der Waals surface area contributed by atoms with Crippen molar-refractivity contribution in [1.29, 1.82) is 0 Å². The lowest BCUT2D eigenvalue weighted by molar-refractivity contribution is -0.133. The summed E-state index contributed by atoms with van der Waals surface area (Å²) in [7, 11) is 1.69. The smallest absolute Gasteiger partial charge is 0.254 e. The first-order chi connectivity index (χ1) is 19.8. The average molecular weight is 571 g/mol. The van der Waals surface area contributed by atoms with Gasteiger partial charge < -0.3 is 30.3 Å². The zero-order valence-corrected chi connectivity index (χ0v) is 25.9. The molecule has 1 aromatic rings. The summed E-state index contributed by atoms with van der Waals surface area (Å²) >= 11 is 0. The maximum absolute atomic E-state index is 13.9. The Kier molecular flexibility index (Phi) is 11.9. The van der Waals surface area contributed by atoms with Gasteiger partial charge in [-0.05, 0) is 94.2 Å². The number of nitrogens with one attached hydrogen (secondary N) is 1. The van der Waals surface area contributed by atoms with Crippen LogP contribution in [0.25, 0.3) is 0 Å². The molecular formula is C33H54N4O4. The lowest BCUT2D eigenvalue weighted by Crippen LogP contribution is -2.45. The van der Waals surface area contributed by atoms with E-state index in [-0.39, 0.29) is 11.9 Å². The number of methoxy groups -OCH3 is 1. The van der Waals surface area contributed by atoms with Crippen LogP contribution in [0.3, 0.4) is 0 Å². The molecule has 0 aromatic heterocycles. The number of benzene rings is 1. The molecule has 0 bridgehead atoms. The molecule has 4 rings (SSSR count). The van der Waals surface area contributed by atoms with Crippen LogP contribution in [0.4, 0.5) is 0 Å². The van der Waals surface area contributed by atoms with E-state index in [1.165, 1.54) is 0 Å². The Morgan fingerprint density at radius 2 is 1.73 bits per heavy atom. The summed E-state index contributed by atoms with van der Waals surface area (Å²) in [6.07, 6.45) is 8.78. The largest absolute Gasteiger partial charge is 0.493 e. The fraction of sp³-hybridized carbons (Fsp3) is 0.758. The second-order valence-electron chi connectivity index (χ2n) is 12.9. The van der Waals surface area contributed by atoms with Crippen LogP contribution in [0, 0.1) is 17.8 Å². The molecule has 1 saturated heterocycles. The van der Waals surface area contributed by atoms with E-state index in [9.17, 15) is 9.59 Å². The Labute approximate surface area is 247 Å². The van der Waals surface area contributed by atoms with Crippen LogP contribution in [0.15, 0.2) is 18.2 Å². The van der Waals surface area contributed by atoms with E-state index in [0.29, 0.717) is 67.5 Å². The van der Waals surface area contributed by atoms with E-state index in [0.717, 1.165) is 82.3 Å². The molecule has 0 unspecified atom stereocenters. The van der Waals surface area contributed by atoms with Crippen molar-refractivity contribution < 1.29 is 19.1 Å². The van der Waals surface area contributed by atoms with Gasteiger partial charge in [-0.15, -0.1) is 0 Å². The summed E-state index contributed by atoms with van der Waals surface area (Å²) in [5.41, 5.74) is 7.87. The molecular weight excluding hydrogens is 516 g/mol. The highest BCUT2D eigenvalue weighted by Gasteiger charge is 2.39. The van der Waals surface area contributed by atoms with Gasteiger partial charge in [0.2, 0.25) is 5.91 Å². The molecule has 2 atom stereocenters. The lowest BCUT2D eigenvalue weighted by atomic mass is 9.84. The highest BCUT2D eigenvalue weighted by molar-refractivity contribution is 5.95. The number of nitrogens with two attached hydrogens (primary N) is 1. The molecule has 3 N–H and O–H groups in total. The van der Waals surface area contributed by atoms with Gasteiger partial charge in [0.25, 0.3) is 5.91 Å². The first kappa shape index (κ1) is 31.8. The summed E-state index contributed by atoms with van der Waals surface area (Å²) in [4.78, 5) is 31.5. The molecule has 230 valence electrons. The van der Waals surface area contributed by atoms with Crippen LogP contribution >= 0.6 is 0 Å². The van der Waals surface area contributed by atoms with Crippen molar-refractivity contribution in [2.45, 2.75) is 96.7 Å². The first-order valence-electron chi connectivity index (χ1n) is 16.1. The molecule has 2 saturated carbocycles. The standard InChI is InChI=1S/C33H54N4O4/c1-5-25-9-10-26(18-31(25)41-16-6-15-40-4)33(39)36(23(2)3)21-27-19-35-20-28(27)22-37(30-13-14-30)32(38)17-24-7-11-29(34)12-8-24/h9-10,18,23-24,27-30,35H,5-8,11-17,19-22,34H2,1-4H3/t24-,27-,28-,29+/m0/s1. The minimum Gasteiger partial charge on any atom is -0.493 e. The summed E-state index contributed by atoms with van der Waals surface area (Å²) in [5, 5.41) is 3.57. The minimum absolute atomic E-state index is 0.0423. The molecule has 8 heteroatoms. The number of aryl methyl sites for hydroxylation is 1. The maximum atomic E-state index is 13.9. The van der Waals surface area contributed by atoms with Crippen molar-refractivity contribution in [2.24, 2.45) is 23.5 Å². The van der Waals surface area contributed by atoms with Gasteiger partial charge >= 0.3 is 0 Å². The van der Waals surface area contributed by atoms with Crippen molar-refractivity contribution in [3.63, 3.8) is 0 Å². The lowest BCUT2D eigenvalue weighted by Gasteiger charge is -2.34. The van der Waals surface area contributed by atoms with E-state index in [4.69, 9.17) is 15.2 Å². The Morgan fingerprint density at radius 1 is 1.02 bits per heavy atom. The Bertz CT molecular complexity index is 989. The van der Waals surface area contributed by atoms with Gasteiger partial charge in [0.15, 0.2) is 0 Å². The molecule has 2 amide bonds. The van der Waals surface area contributed by atoms with Crippen molar-refractivity contribution in [3.8, 4) is 5.75 Å². The molecule has 0 spiro atoms. The monoisotopic (exact) mass is 570 g/mol. The van der Waals surface area contributed by atoms with E-state index in [1.807, 2.05) is 23.1 Å². The van der Waals surface area contributed by atoms with Crippen molar-refractivity contribution in [2.75, 3.05) is 46.5 Å². The molecule has 1 aromatic carbocycles. The van der Waals surface area contributed by atoms with Crippen LogP contribution < -0.4 is 15.8 Å². The third kappa shape index (κ3) is 8.91. The van der Waals surface area contributed by atoms with Crippen molar-refractivity contribution in [1.82, 2.24) is 15.1 Å². The number of nitrogens with zero attached hydrogens (tertiary/aromatic N) is 2. The van der Waals surface area contributed by atoms with E-state index in [2.05, 4.69) is 31.0 Å². The number of amides is 2. The van der Waals surface area contributed by atoms with Crippen LogP contribution in [0.5, 0.6) is 5.75 Å². The second kappa shape index (κ2) is 15.4. The van der Waals surface area contributed by atoms with Crippen molar-refractivity contribution in [3.05, 3.63) is 29.3 Å². The number of carbonyl (C=O) groups excluding carboxylic acids is 2. The Balaban J connectivity index is 1.40. The molecule has 0 radical (unpaired) electrons. The highest BCUT2D eigenvalue weighted by atomic mass is 16.5. The SMILES string of the molecule is CCc1ccc(C(=O)N(C[C@@H]2CNC[C@H]2CN(C(=O)C[C@H]2CC[C@@H](N)CC2)C2CC2)C(C)C)cc1OCCCOC. The third-order valence-electron chi connectivity index (χ3n) is 9.33. The molecule has 8 nitrogen and oxygen atoms in total. The van der Waals surface area contributed by atoms with E-state index < -0.39 is 0 Å². The number of hydrogen-bond donors (Lipinski definition) is 2. The maximum Gasteiger partial charge on any atom is 0.254 e. The average Bonchev–Trinajstić information content (AvgIpc) is 3.71. The summed E-state index contributed by atoms with van der Waals surface area (Å²) in [6, 6.07) is 6.66. The predicted octanol–water partition coefficient (Wildman–Crippen LogP) is 4.25. The third-order valence-corrected chi connectivity index (χ3v) is 9.33. The molecule has 1 aliphatic heterocycles. The van der Waals surface area contributed by atoms with Gasteiger partial charge in [0.05, 0.1) is 6.61 Å². The van der Waals surface area contributed by atoms with Gasteiger partial charge in [-0.25, -0.2) is 0 Å². The van der Waals surface area contributed by atoms with Gasteiger partial charge in [0, 0.05) is 76.4 Å². The van der Waals surface area contributed by atoms with Crippen LogP contribution in [0.1, 0.15) is 88.1 Å². The van der Waals surface area contributed by atoms with Crippen LogP contribution in [-0.4, -0.2) is 86.2 Å². The molecule has 2 aliphatic carbocycles. The summed E-state index contributed by atoms with van der Waals surface area (Å²) < 4.78 is 11.2. The van der Waals surface area contributed by atoms with E-state index >= 15 is 0 Å². The fourth-order valence-electron chi connectivity index (χ4n) is 6.51. The van der Waals surface area contributed by atoms with E-state index in [1.54, 1.807) is 7.11 Å². The normalized spacial score (nSPS) is 24.4. The summed E-state index contributed by atoms with van der Waals surface area (Å²) in [6.45, 7) is 10.7. The number of ether oxygens (including phenoxy) is 2.